The van der Waals surface area contributed by atoms with Crippen molar-refractivity contribution in [3.63, 3.8) is 0 Å². The maximum atomic E-state index is 13.7. The van der Waals surface area contributed by atoms with E-state index in [2.05, 4.69) is 10.5 Å². The predicted octanol–water partition coefficient (Wildman–Crippen LogP) is 4.02. The van der Waals surface area contributed by atoms with Gasteiger partial charge in [-0.2, -0.15) is 0 Å². The first-order valence-electron chi connectivity index (χ1n) is 7.47. The van der Waals surface area contributed by atoms with Gasteiger partial charge >= 0.3 is 0 Å². The Hall–Kier alpha value is -3.03. The summed E-state index contributed by atoms with van der Waals surface area (Å²) in [5.74, 6) is -4.14. The van der Waals surface area contributed by atoms with Crippen LogP contribution >= 0.6 is 0 Å². The normalized spacial score (nSPS) is 15.2. The van der Waals surface area contributed by atoms with Crippen LogP contribution < -0.4 is 5.32 Å². The topological polar surface area (TPSA) is 68.3 Å². The molecule has 25 heavy (non-hydrogen) atoms. The first-order chi connectivity index (χ1) is 12.0. The average molecular weight is 348 g/mol. The van der Waals surface area contributed by atoms with Gasteiger partial charge in [0.25, 0.3) is 0 Å². The molecule has 1 aliphatic rings. The van der Waals surface area contributed by atoms with E-state index in [9.17, 15) is 18.0 Å². The van der Waals surface area contributed by atoms with E-state index in [1.165, 1.54) is 6.26 Å². The molecule has 0 spiro atoms. The van der Waals surface area contributed by atoms with Crippen molar-refractivity contribution in [1.29, 1.82) is 0 Å². The Balaban J connectivity index is 1.59. The van der Waals surface area contributed by atoms with Crippen LogP contribution in [0, 0.1) is 17.5 Å². The third kappa shape index (κ3) is 2.50. The van der Waals surface area contributed by atoms with E-state index in [-0.39, 0.29) is 0 Å². The number of amides is 1. The SMILES string of the molecule is O=C(Nc1ccc(F)c(F)c1F)C1(c2cc(-c3ccco3)on2)CC1. The van der Waals surface area contributed by atoms with E-state index in [0.29, 0.717) is 30.1 Å². The zero-order valence-electron chi connectivity index (χ0n) is 12.7. The second-order valence-electron chi connectivity index (χ2n) is 5.81. The molecule has 0 saturated heterocycles. The first-order valence-corrected chi connectivity index (χ1v) is 7.47. The lowest BCUT2D eigenvalue weighted by molar-refractivity contribution is -0.118. The Morgan fingerprint density at radius 2 is 1.92 bits per heavy atom. The van der Waals surface area contributed by atoms with Gasteiger partial charge < -0.3 is 14.3 Å². The Morgan fingerprint density at radius 3 is 2.60 bits per heavy atom. The van der Waals surface area contributed by atoms with E-state index in [0.717, 1.165) is 12.1 Å². The predicted molar refractivity (Wildman–Crippen MR) is 80.1 cm³/mol. The molecule has 0 aliphatic heterocycles. The zero-order chi connectivity index (χ0) is 17.6. The molecule has 4 rings (SSSR count). The third-order valence-electron chi connectivity index (χ3n) is 4.23. The molecule has 2 heterocycles. The standard InChI is InChI=1S/C17H11F3N2O3/c18-9-3-4-10(15(20)14(9)19)21-16(23)17(5-6-17)13-8-12(25-22-13)11-2-1-7-24-11/h1-4,7-8H,5-6H2,(H,21,23). The number of carbonyl (C=O) groups excluding carboxylic acids is 1. The summed E-state index contributed by atoms with van der Waals surface area (Å²) in [4.78, 5) is 12.5. The van der Waals surface area contributed by atoms with Crippen LogP contribution in [0.5, 0.6) is 0 Å². The first kappa shape index (κ1) is 15.5. The molecular weight excluding hydrogens is 337 g/mol. The molecule has 128 valence electrons. The van der Waals surface area contributed by atoms with Crippen LogP contribution in [0.25, 0.3) is 11.5 Å². The van der Waals surface area contributed by atoms with Crippen LogP contribution in [0.2, 0.25) is 0 Å². The van der Waals surface area contributed by atoms with Crippen LogP contribution in [-0.4, -0.2) is 11.1 Å². The maximum absolute atomic E-state index is 13.7. The maximum Gasteiger partial charge on any atom is 0.236 e. The van der Waals surface area contributed by atoms with Gasteiger partial charge in [-0.25, -0.2) is 13.2 Å². The molecule has 8 heteroatoms. The molecule has 0 unspecified atom stereocenters. The van der Waals surface area contributed by atoms with Crippen LogP contribution in [0.15, 0.2) is 45.5 Å². The second-order valence-corrected chi connectivity index (χ2v) is 5.81. The summed E-state index contributed by atoms with van der Waals surface area (Å²) in [6.45, 7) is 0. The van der Waals surface area contributed by atoms with Crippen LogP contribution in [-0.2, 0) is 10.2 Å². The molecular formula is C17H11F3N2O3. The highest BCUT2D eigenvalue weighted by Gasteiger charge is 2.54. The molecule has 1 amide bonds. The summed E-state index contributed by atoms with van der Waals surface area (Å²) in [6, 6.07) is 6.66. The number of nitrogens with one attached hydrogen (secondary N) is 1. The average Bonchev–Trinajstić information content (AvgIpc) is 3.02. The molecule has 3 aromatic rings. The number of nitrogens with zero attached hydrogens (tertiary/aromatic N) is 1. The van der Waals surface area contributed by atoms with Crippen molar-refractivity contribution < 1.29 is 26.9 Å². The molecule has 1 aromatic carbocycles. The van der Waals surface area contributed by atoms with Gasteiger partial charge in [0, 0.05) is 6.07 Å². The van der Waals surface area contributed by atoms with Gasteiger partial charge in [-0.3, -0.25) is 4.79 Å². The van der Waals surface area contributed by atoms with E-state index in [1.807, 2.05) is 0 Å². The lowest BCUT2D eigenvalue weighted by atomic mass is 10.0. The minimum absolute atomic E-state index is 0.359. The number of halogens is 3. The lowest BCUT2D eigenvalue weighted by Gasteiger charge is -2.13. The monoisotopic (exact) mass is 348 g/mol. The van der Waals surface area contributed by atoms with Crippen LogP contribution in [0.1, 0.15) is 18.5 Å². The van der Waals surface area contributed by atoms with Gasteiger partial charge in [0.2, 0.25) is 11.7 Å². The number of aromatic nitrogens is 1. The molecule has 1 fully saturated rings. The van der Waals surface area contributed by atoms with Crippen molar-refractivity contribution in [1.82, 2.24) is 5.16 Å². The summed E-state index contributed by atoms with van der Waals surface area (Å²) in [5.41, 5.74) is -1.03. The summed E-state index contributed by atoms with van der Waals surface area (Å²) in [6.07, 6.45) is 2.44. The zero-order valence-corrected chi connectivity index (χ0v) is 12.7. The van der Waals surface area contributed by atoms with Crippen molar-refractivity contribution in [3.05, 3.63) is 59.7 Å². The number of benzene rings is 1. The Bertz CT molecular complexity index is 946. The van der Waals surface area contributed by atoms with Gasteiger partial charge in [0.1, 0.15) is 0 Å². The van der Waals surface area contributed by atoms with Crippen molar-refractivity contribution in [3.8, 4) is 11.5 Å². The summed E-state index contributed by atoms with van der Waals surface area (Å²) < 4.78 is 50.4. The number of carbonyl (C=O) groups is 1. The highest BCUT2D eigenvalue weighted by atomic mass is 19.2. The summed E-state index contributed by atoms with van der Waals surface area (Å²) in [7, 11) is 0. The second kappa shape index (κ2) is 5.51. The molecule has 5 nitrogen and oxygen atoms in total. The van der Waals surface area contributed by atoms with E-state index in [4.69, 9.17) is 8.94 Å². The number of rotatable bonds is 4. The van der Waals surface area contributed by atoms with E-state index < -0.39 is 34.5 Å². The molecule has 1 saturated carbocycles. The molecule has 1 aliphatic carbocycles. The molecule has 2 aromatic heterocycles. The molecule has 1 N–H and O–H groups in total. The van der Waals surface area contributed by atoms with Crippen molar-refractivity contribution in [2.75, 3.05) is 5.32 Å². The Morgan fingerprint density at radius 1 is 1.12 bits per heavy atom. The number of hydrogen-bond acceptors (Lipinski definition) is 4. The minimum atomic E-state index is -1.64. The van der Waals surface area contributed by atoms with E-state index in [1.54, 1.807) is 18.2 Å². The summed E-state index contributed by atoms with van der Waals surface area (Å²) in [5, 5.41) is 6.20. The summed E-state index contributed by atoms with van der Waals surface area (Å²) >= 11 is 0. The fourth-order valence-corrected chi connectivity index (χ4v) is 2.62. The molecule has 0 bridgehead atoms. The fraction of sp³-hybridized carbons (Fsp3) is 0.176. The van der Waals surface area contributed by atoms with E-state index >= 15 is 0 Å². The minimum Gasteiger partial charge on any atom is -0.461 e. The smallest absolute Gasteiger partial charge is 0.236 e. The number of hydrogen-bond donors (Lipinski definition) is 1. The third-order valence-corrected chi connectivity index (χ3v) is 4.23. The molecule has 0 radical (unpaired) electrons. The van der Waals surface area contributed by atoms with Crippen molar-refractivity contribution in [2.24, 2.45) is 0 Å². The quantitative estimate of drug-likeness (QED) is 0.723. The van der Waals surface area contributed by atoms with Gasteiger partial charge in [-0.05, 0) is 37.1 Å². The number of anilines is 1. The largest absolute Gasteiger partial charge is 0.461 e. The van der Waals surface area contributed by atoms with Gasteiger partial charge in [-0.15, -0.1) is 0 Å². The van der Waals surface area contributed by atoms with Gasteiger partial charge in [-0.1, -0.05) is 5.16 Å². The van der Waals surface area contributed by atoms with Crippen molar-refractivity contribution in [2.45, 2.75) is 18.3 Å². The Labute approximate surface area is 139 Å². The van der Waals surface area contributed by atoms with Crippen LogP contribution in [0.4, 0.5) is 18.9 Å². The highest BCUT2D eigenvalue weighted by molar-refractivity contribution is 6.01. The van der Waals surface area contributed by atoms with Gasteiger partial charge in [0.05, 0.1) is 23.1 Å². The van der Waals surface area contributed by atoms with Crippen molar-refractivity contribution >= 4 is 11.6 Å². The highest BCUT2D eigenvalue weighted by Crippen LogP contribution is 2.49. The van der Waals surface area contributed by atoms with Gasteiger partial charge in [0.15, 0.2) is 23.2 Å². The molecule has 0 atom stereocenters. The fourth-order valence-electron chi connectivity index (χ4n) is 2.62. The van der Waals surface area contributed by atoms with Crippen LogP contribution in [0.3, 0.4) is 0 Å². The lowest BCUT2D eigenvalue weighted by Crippen LogP contribution is -2.28. The Kier molecular flexibility index (Phi) is 3.41. The number of furan rings is 1.